The van der Waals surface area contributed by atoms with E-state index in [1.807, 2.05) is 6.26 Å². The van der Waals surface area contributed by atoms with E-state index in [0.717, 1.165) is 25.5 Å². The molecule has 5 nitrogen and oxygen atoms in total. The highest BCUT2D eigenvalue weighted by atomic mass is 32.2. The summed E-state index contributed by atoms with van der Waals surface area (Å²) in [4.78, 5) is 10.6. The summed E-state index contributed by atoms with van der Waals surface area (Å²) in [5.41, 5.74) is 5.68. The molecule has 0 amide bonds. The van der Waals surface area contributed by atoms with Gasteiger partial charge in [-0.1, -0.05) is 18.7 Å². The molecule has 1 aromatic heterocycles. The number of thioether (sulfide) groups is 1. The molecule has 0 aromatic carbocycles. The van der Waals surface area contributed by atoms with E-state index in [1.165, 1.54) is 11.8 Å². The molecule has 3 N–H and O–H groups in total. The number of nitrogens with zero attached hydrogens (tertiary/aromatic N) is 3. The molecule has 1 heterocycles. The first-order valence-electron chi connectivity index (χ1n) is 5.26. The van der Waals surface area contributed by atoms with Crippen LogP contribution >= 0.6 is 11.8 Å². The highest BCUT2D eigenvalue weighted by molar-refractivity contribution is 7.98. The maximum atomic E-state index is 5.68. The molecule has 0 unspecified atom stereocenters. The van der Waals surface area contributed by atoms with E-state index in [2.05, 4.69) is 34.2 Å². The lowest BCUT2D eigenvalue weighted by Gasteiger charge is -2.14. The SMILES string of the molecule is CCN(C)CCNc1cc(N)nc(SC)n1. The lowest BCUT2D eigenvalue weighted by Crippen LogP contribution is -2.25. The molecule has 0 aliphatic heterocycles. The predicted octanol–water partition coefficient (Wildman–Crippen LogP) is 1.14. The normalized spacial score (nSPS) is 10.8. The van der Waals surface area contributed by atoms with Crippen LogP contribution in [0, 0.1) is 0 Å². The van der Waals surface area contributed by atoms with Crippen molar-refractivity contribution < 1.29 is 0 Å². The Hall–Kier alpha value is -1.01. The minimum Gasteiger partial charge on any atom is -0.383 e. The van der Waals surface area contributed by atoms with Gasteiger partial charge in [-0.25, -0.2) is 9.97 Å². The Morgan fingerprint density at radius 2 is 2.25 bits per heavy atom. The average molecular weight is 241 g/mol. The highest BCUT2D eigenvalue weighted by Crippen LogP contribution is 2.14. The van der Waals surface area contributed by atoms with Gasteiger partial charge in [0.25, 0.3) is 0 Å². The Bertz CT molecular complexity index is 331. The Morgan fingerprint density at radius 3 is 2.88 bits per heavy atom. The van der Waals surface area contributed by atoms with Gasteiger partial charge in [0.1, 0.15) is 11.6 Å². The highest BCUT2D eigenvalue weighted by Gasteiger charge is 2.01. The third-order valence-corrected chi connectivity index (χ3v) is 2.80. The molecular formula is C10H19N5S. The second-order valence-corrected chi connectivity index (χ2v) is 4.26. The molecule has 1 aromatic rings. The van der Waals surface area contributed by atoms with Crippen LogP contribution in [0.3, 0.4) is 0 Å². The van der Waals surface area contributed by atoms with E-state index in [0.29, 0.717) is 11.0 Å². The number of nitrogens with one attached hydrogen (secondary N) is 1. The second kappa shape index (κ2) is 6.55. The zero-order valence-corrected chi connectivity index (χ0v) is 10.8. The summed E-state index contributed by atoms with van der Waals surface area (Å²) in [6.07, 6.45) is 1.93. The van der Waals surface area contributed by atoms with Crippen LogP contribution in [-0.2, 0) is 0 Å². The molecule has 0 saturated carbocycles. The molecule has 16 heavy (non-hydrogen) atoms. The van der Waals surface area contributed by atoms with Crippen molar-refractivity contribution in [3.05, 3.63) is 6.07 Å². The Kier molecular flexibility index (Phi) is 5.34. The molecule has 0 fully saturated rings. The molecule has 0 radical (unpaired) electrons. The van der Waals surface area contributed by atoms with Crippen LogP contribution in [-0.4, -0.2) is 47.8 Å². The standard InChI is InChI=1S/C10H19N5S/c1-4-15(2)6-5-12-9-7-8(11)13-10(14-9)16-3/h7H,4-6H2,1-3H3,(H3,11,12,13,14). The minimum absolute atomic E-state index is 0.505. The monoisotopic (exact) mass is 241 g/mol. The van der Waals surface area contributed by atoms with Gasteiger partial charge in [-0.05, 0) is 19.8 Å². The van der Waals surface area contributed by atoms with Gasteiger partial charge in [0.05, 0.1) is 0 Å². The number of hydrogen-bond donors (Lipinski definition) is 2. The largest absolute Gasteiger partial charge is 0.383 e. The number of rotatable bonds is 6. The fourth-order valence-electron chi connectivity index (χ4n) is 1.16. The summed E-state index contributed by atoms with van der Waals surface area (Å²) in [5.74, 6) is 1.30. The second-order valence-electron chi connectivity index (χ2n) is 3.49. The number of hydrogen-bond acceptors (Lipinski definition) is 6. The smallest absolute Gasteiger partial charge is 0.191 e. The summed E-state index contributed by atoms with van der Waals surface area (Å²) in [6, 6.07) is 1.76. The van der Waals surface area contributed by atoms with Gasteiger partial charge in [-0.2, -0.15) is 0 Å². The van der Waals surface area contributed by atoms with Crippen molar-refractivity contribution in [2.45, 2.75) is 12.1 Å². The molecule has 6 heteroatoms. The van der Waals surface area contributed by atoms with Crippen LogP contribution in [0.1, 0.15) is 6.92 Å². The fourth-order valence-corrected chi connectivity index (χ4v) is 1.54. The van der Waals surface area contributed by atoms with Crippen LogP contribution in [0.4, 0.5) is 11.6 Å². The number of anilines is 2. The van der Waals surface area contributed by atoms with Crippen LogP contribution in [0.25, 0.3) is 0 Å². The quantitative estimate of drug-likeness (QED) is 0.575. The van der Waals surface area contributed by atoms with E-state index in [4.69, 9.17) is 5.73 Å². The van der Waals surface area contributed by atoms with Gasteiger partial charge in [-0.3, -0.25) is 0 Å². The topological polar surface area (TPSA) is 67.1 Å². The van der Waals surface area contributed by atoms with Gasteiger partial charge in [0.15, 0.2) is 5.16 Å². The third-order valence-electron chi connectivity index (χ3n) is 2.25. The fraction of sp³-hybridized carbons (Fsp3) is 0.600. The van der Waals surface area contributed by atoms with Gasteiger partial charge in [0, 0.05) is 19.2 Å². The van der Waals surface area contributed by atoms with E-state index in [9.17, 15) is 0 Å². The van der Waals surface area contributed by atoms with E-state index < -0.39 is 0 Å². The Morgan fingerprint density at radius 1 is 1.50 bits per heavy atom. The lowest BCUT2D eigenvalue weighted by molar-refractivity contribution is 0.367. The molecular weight excluding hydrogens is 222 g/mol. The van der Waals surface area contributed by atoms with Crippen LogP contribution in [0.5, 0.6) is 0 Å². The molecule has 0 atom stereocenters. The first-order valence-corrected chi connectivity index (χ1v) is 6.49. The number of nitrogen functional groups attached to an aromatic ring is 1. The van der Waals surface area contributed by atoms with Crippen molar-refractivity contribution >= 4 is 23.4 Å². The third kappa shape index (κ3) is 4.24. The summed E-state index contributed by atoms with van der Waals surface area (Å²) in [5, 5.41) is 3.94. The van der Waals surface area contributed by atoms with Crippen molar-refractivity contribution in [1.29, 1.82) is 0 Å². The Labute approximate surface area is 101 Å². The van der Waals surface area contributed by atoms with Crippen molar-refractivity contribution in [3.8, 4) is 0 Å². The predicted molar refractivity (Wildman–Crippen MR) is 69.9 cm³/mol. The molecule has 0 spiro atoms. The van der Waals surface area contributed by atoms with E-state index in [1.54, 1.807) is 6.07 Å². The molecule has 0 aliphatic carbocycles. The van der Waals surface area contributed by atoms with Crippen molar-refractivity contribution in [2.24, 2.45) is 0 Å². The summed E-state index contributed by atoms with van der Waals surface area (Å²) < 4.78 is 0. The minimum atomic E-state index is 0.505. The molecule has 0 bridgehead atoms. The molecule has 1 rings (SSSR count). The van der Waals surface area contributed by atoms with E-state index in [-0.39, 0.29) is 0 Å². The molecule has 90 valence electrons. The lowest BCUT2D eigenvalue weighted by atomic mass is 10.5. The number of nitrogens with two attached hydrogens (primary N) is 1. The number of likely N-dealkylation sites (N-methyl/N-ethyl adjacent to an activating group) is 1. The van der Waals surface area contributed by atoms with E-state index >= 15 is 0 Å². The van der Waals surface area contributed by atoms with Gasteiger partial charge < -0.3 is 16.0 Å². The molecule has 0 saturated heterocycles. The van der Waals surface area contributed by atoms with Crippen molar-refractivity contribution in [3.63, 3.8) is 0 Å². The average Bonchev–Trinajstić information content (AvgIpc) is 2.28. The van der Waals surface area contributed by atoms with Crippen molar-refractivity contribution in [2.75, 3.05) is 44.0 Å². The Balaban J connectivity index is 2.50. The van der Waals surface area contributed by atoms with Crippen LogP contribution in [0.15, 0.2) is 11.2 Å². The maximum Gasteiger partial charge on any atom is 0.191 e. The summed E-state index contributed by atoms with van der Waals surface area (Å²) in [7, 11) is 2.09. The summed E-state index contributed by atoms with van der Waals surface area (Å²) in [6.45, 7) is 5.02. The van der Waals surface area contributed by atoms with Gasteiger partial charge in [-0.15, -0.1) is 0 Å². The van der Waals surface area contributed by atoms with Gasteiger partial charge in [0.2, 0.25) is 0 Å². The number of aromatic nitrogens is 2. The summed E-state index contributed by atoms with van der Waals surface area (Å²) >= 11 is 1.49. The first-order chi connectivity index (χ1) is 7.65. The molecule has 0 aliphatic rings. The van der Waals surface area contributed by atoms with Gasteiger partial charge >= 0.3 is 0 Å². The van der Waals surface area contributed by atoms with Crippen LogP contribution < -0.4 is 11.1 Å². The maximum absolute atomic E-state index is 5.68. The van der Waals surface area contributed by atoms with Crippen LogP contribution in [0.2, 0.25) is 0 Å². The first kappa shape index (κ1) is 13.1. The van der Waals surface area contributed by atoms with Crippen molar-refractivity contribution in [1.82, 2.24) is 14.9 Å². The zero-order chi connectivity index (χ0) is 12.0. The zero-order valence-electron chi connectivity index (χ0n) is 10.0.